The van der Waals surface area contributed by atoms with Gasteiger partial charge in [0.15, 0.2) is 0 Å². The van der Waals surface area contributed by atoms with E-state index in [4.69, 9.17) is 4.74 Å². The van der Waals surface area contributed by atoms with Crippen LogP contribution in [0.2, 0.25) is 0 Å². The van der Waals surface area contributed by atoms with E-state index in [1.54, 1.807) is 7.11 Å². The number of nitrogens with zero attached hydrogens (tertiary/aromatic N) is 1. The molecule has 4 rings (SSSR count). The van der Waals surface area contributed by atoms with Gasteiger partial charge in [-0.3, -0.25) is 4.79 Å². The summed E-state index contributed by atoms with van der Waals surface area (Å²) in [6.45, 7) is 1.87. The number of carbonyl (C=O) groups excluding carboxylic acids is 1. The fourth-order valence-corrected chi connectivity index (χ4v) is 4.97. The molecule has 1 amide bonds. The molecule has 2 fully saturated rings. The number of para-hydroxylation sites is 1. The summed E-state index contributed by atoms with van der Waals surface area (Å²) in [6.07, 6.45) is 4.87. The van der Waals surface area contributed by atoms with Gasteiger partial charge in [-0.05, 0) is 37.4 Å². The maximum atomic E-state index is 13.5. The Bertz CT molecular complexity index is 792. The molecule has 0 unspecified atom stereocenters. The largest absolute Gasteiger partial charge is 0.496 e. The molecule has 0 aliphatic carbocycles. The van der Waals surface area contributed by atoms with Gasteiger partial charge in [0.1, 0.15) is 5.75 Å². The third-order valence-corrected chi connectivity index (χ3v) is 6.29. The summed E-state index contributed by atoms with van der Waals surface area (Å²) in [5, 5.41) is 3.71. The molecule has 2 aromatic rings. The van der Waals surface area contributed by atoms with E-state index < -0.39 is 0 Å². The molecule has 0 saturated carbocycles. The van der Waals surface area contributed by atoms with Crippen LogP contribution >= 0.6 is 0 Å². The van der Waals surface area contributed by atoms with Crippen molar-refractivity contribution in [1.82, 2.24) is 10.2 Å². The van der Waals surface area contributed by atoms with Crippen molar-refractivity contribution in [3.05, 3.63) is 65.7 Å². The number of fused-ring (bicyclic) bond motifs is 1. The monoisotopic (exact) mass is 378 g/mol. The third-order valence-electron chi connectivity index (χ3n) is 6.29. The van der Waals surface area contributed by atoms with Gasteiger partial charge in [0, 0.05) is 24.1 Å². The third kappa shape index (κ3) is 3.93. The second-order valence-electron chi connectivity index (χ2n) is 7.93. The van der Waals surface area contributed by atoms with E-state index in [1.807, 2.05) is 24.3 Å². The maximum Gasteiger partial charge on any atom is 0.227 e. The molecular formula is C24H30N2O2. The molecule has 2 aliphatic heterocycles. The lowest BCUT2D eigenvalue weighted by atomic mass is 9.80. The molecule has 1 N–H and O–H groups in total. The average Bonchev–Trinajstić information content (AvgIpc) is 2.97. The van der Waals surface area contributed by atoms with Crippen LogP contribution in [0.4, 0.5) is 0 Å². The van der Waals surface area contributed by atoms with E-state index in [0.29, 0.717) is 18.4 Å². The van der Waals surface area contributed by atoms with Crippen LogP contribution in [0.1, 0.15) is 42.7 Å². The first kappa shape index (κ1) is 19.0. The molecule has 2 heterocycles. The van der Waals surface area contributed by atoms with Gasteiger partial charge < -0.3 is 15.0 Å². The standard InChI is InChI=1S/C24H30N2O2/c1-28-22-13-6-5-11-19(22)17-23(27)26-16-8-7-12-21-24(26)20(14-15-25-21)18-9-3-2-4-10-18/h2-6,9-11,13,20-21,24-25H,7-8,12,14-17H2,1H3/t20-,21-,24-/m1/s1. The van der Waals surface area contributed by atoms with E-state index in [9.17, 15) is 4.79 Å². The van der Waals surface area contributed by atoms with Crippen molar-refractivity contribution in [2.24, 2.45) is 0 Å². The van der Waals surface area contributed by atoms with Gasteiger partial charge in [0.05, 0.1) is 19.6 Å². The zero-order chi connectivity index (χ0) is 19.3. The smallest absolute Gasteiger partial charge is 0.227 e. The number of hydrogen-bond donors (Lipinski definition) is 1. The number of nitrogens with one attached hydrogen (secondary N) is 1. The van der Waals surface area contributed by atoms with E-state index in [0.717, 1.165) is 43.7 Å². The van der Waals surface area contributed by atoms with Gasteiger partial charge in [-0.2, -0.15) is 0 Å². The zero-order valence-corrected chi connectivity index (χ0v) is 16.6. The molecule has 2 aliphatic rings. The summed E-state index contributed by atoms with van der Waals surface area (Å²) in [7, 11) is 1.67. The number of carbonyl (C=O) groups is 1. The fraction of sp³-hybridized carbons (Fsp3) is 0.458. The minimum absolute atomic E-state index is 0.214. The summed E-state index contributed by atoms with van der Waals surface area (Å²) >= 11 is 0. The van der Waals surface area contributed by atoms with Crippen LogP contribution in [0, 0.1) is 0 Å². The van der Waals surface area contributed by atoms with Crippen LogP contribution in [0.25, 0.3) is 0 Å². The Morgan fingerprint density at radius 2 is 1.86 bits per heavy atom. The predicted molar refractivity (Wildman–Crippen MR) is 112 cm³/mol. The van der Waals surface area contributed by atoms with Crippen molar-refractivity contribution < 1.29 is 9.53 Å². The van der Waals surface area contributed by atoms with E-state index >= 15 is 0 Å². The highest BCUT2D eigenvalue weighted by atomic mass is 16.5. The van der Waals surface area contributed by atoms with Crippen molar-refractivity contribution in [3.8, 4) is 5.75 Å². The van der Waals surface area contributed by atoms with Crippen molar-refractivity contribution in [1.29, 1.82) is 0 Å². The summed E-state index contributed by atoms with van der Waals surface area (Å²) in [4.78, 5) is 15.6. The van der Waals surface area contributed by atoms with Crippen molar-refractivity contribution in [2.75, 3.05) is 20.2 Å². The topological polar surface area (TPSA) is 41.6 Å². The molecule has 4 nitrogen and oxygen atoms in total. The van der Waals surface area contributed by atoms with Crippen LogP contribution in [0.3, 0.4) is 0 Å². The number of methoxy groups -OCH3 is 1. The summed E-state index contributed by atoms with van der Waals surface area (Å²) in [5.74, 6) is 1.40. The molecular weight excluding hydrogens is 348 g/mol. The first-order valence-electron chi connectivity index (χ1n) is 10.5. The van der Waals surface area contributed by atoms with Gasteiger partial charge in [-0.1, -0.05) is 55.0 Å². The van der Waals surface area contributed by atoms with Crippen molar-refractivity contribution in [2.45, 2.75) is 50.1 Å². The van der Waals surface area contributed by atoms with Gasteiger partial charge in [0.2, 0.25) is 5.91 Å². The second-order valence-corrected chi connectivity index (χ2v) is 7.93. The van der Waals surface area contributed by atoms with Gasteiger partial charge >= 0.3 is 0 Å². The Morgan fingerprint density at radius 1 is 1.07 bits per heavy atom. The Hall–Kier alpha value is -2.33. The highest BCUT2D eigenvalue weighted by Gasteiger charge is 2.40. The van der Waals surface area contributed by atoms with Crippen LogP contribution < -0.4 is 10.1 Å². The highest BCUT2D eigenvalue weighted by molar-refractivity contribution is 5.80. The first-order chi connectivity index (χ1) is 13.8. The molecule has 0 radical (unpaired) electrons. The van der Waals surface area contributed by atoms with Gasteiger partial charge in [0.25, 0.3) is 0 Å². The molecule has 0 spiro atoms. The van der Waals surface area contributed by atoms with E-state index in [1.165, 1.54) is 12.0 Å². The lowest BCUT2D eigenvalue weighted by Crippen LogP contribution is -2.58. The van der Waals surface area contributed by atoms with Crippen LogP contribution in [-0.2, 0) is 11.2 Å². The SMILES string of the molecule is COc1ccccc1CC(=O)N1CCCC[C@H]2NCC[C@H](c3ccccc3)[C@H]21. The number of rotatable bonds is 4. The van der Waals surface area contributed by atoms with Crippen molar-refractivity contribution in [3.63, 3.8) is 0 Å². The van der Waals surface area contributed by atoms with Crippen molar-refractivity contribution >= 4 is 5.91 Å². The summed E-state index contributed by atoms with van der Waals surface area (Å²) in [5.41, 5.74) is 2.33. The number of benzene rings is 2. The molecule has 0 bridgehead atoms. The molecule has 2 aromatic carbocycles. The van der Waals surface area contributed by atoms with E-state index in [2.05, 4.69) is 40.5 Å². The molecule has 0 aromatic heterocycles. The average molecular weight is 379 g/mol. The van der Waals surface area contributed by atoms with Crippen LogP contribution in [0.15, 0.2) is 54.6 Å². The molecule has 148 valence electrons. The Labute approximate surface area is 167 Å². The summed E-state index contributed by atoms with van der Waals surface area (Å²) < 4.78 is 5.47. The first-order valence-corrected chi connectivity index (χ1v) is 10.5. The molecule has 4 heteroatoms. The Balaban J connectivity index is 1.62. The molecule has 2 saturated heterocycles. The van der Waals surface area contributed by atoms with E-state index in [-0.39, 0.29) is 11.9 Å². The summed E-state index contributed by atoms with van der Waals surface area (Å²) in [6, 6.07) is 19.2. The number of likely N-dealkylation sites (tertiary alicyclic amines) is 1. The number of hydrogen-bond acceptors (Lipinski definition) is 3. The van der Waals surface area contributed by atoms with Crippen LogP contribution in [0.5, 0.6) is 5.75 Å². The van der Waals surface area contributed by atoms with Gasteiger partial charge in [-0.25, -0.2) is 0 Å². The quantitative estimate of drug-likeness (QED) is 0.881. The lowest BCUT2D eigenvalue weighted by Gasteiger charge is -2.44. The maximum absolute atomic E-state index is 13.5. The molecule has 3 atom stereocenters. The normalized spacial score (nSPS) is 24.9. The second kappa shape index (κ2) is 8.78. The highest BCUT2D eigenvalue weighted by Crippen LogP contribution is 2.35. The lowest BCUT2D eigenvalue weighted by molar-refractivity contribution is -0.134. The molecule has 28 heavy (non-hydrogen) atoms. The Morgan fingerprint density at radius 3 is 2.68 bits per heavy atom. The fourth-order valence-electron chi connectivity index (χ4n) is 4.97. The predicted octanol–water partition coefficient (Wildman–Crippen LogP) is 3.76. The van der Waals surface area contributed by atoms with Crippen LogP contribution in [-0.4, -0.2) is 43.1 Å². The number of amides is 1. The minimum atomic E-state index is 0.214. The minimum Gasteiger partial charge on any atom is -0.496 e. The number of piperidine rings is 1. The number of ether oxygens (including phenoxy) is 1. The zero-order valence-electron chi connectivity index (χ0n) is 16.6. The van der Waals surface area contributed by atoms with Gasteiger partial charge in [-0.15, -0.1) is 0 Å². The Kier molecular flexibility index (Phi) is 5.96.